The number of rotatable bonds is 1. The Morgan fingerprint density at radius 1 is 1.17 bits per heavy atom. The van der Waals surface area contributed by atoms with Crippen LogP contribution < -0.4 is 5.73 Å². The van der Waals surface area contributed by atoms with Crippen LogP contribution in [0.25, 0.3) is 5.57 Å². The van der Waals surface area contributed by atoms with E-state index in [1.807, 2.05) is 6.07 Å². The van der Waals surface area contributed by atoms with Gasteiger partial charge in [0.05, 0.1) is 0 Å². The van der Waals surface area contributed by atoms with Crippen molar-refractivity contribution in [1.29, 1.82) is 0 Å². The fraction of sp³-hybridized carbons (Fsp3) is 0.273. The summed E-state index contributed by atoms with van der Waals surface area (Å²) in [5, 5.41) is 0. The highest BCUT2D eigenvalue weighted by atomic mass is 14.6. The molecule has 0 saturated heterocycles. The Kier molecular flexibility index (Phi) is 1.96. The van der Waals surface area contributed by atoms with Crippen molar-refractivity contribution >= 4 is 11.3 Å². The van der Waals surface area contributed by atoms with E-state index in [4.69, 9.17) is 0 Å². The lowest BCUT2D eigenvalue weighted by Gasteiger charge is -2.01. The molecule has 1 nitrogen and oxygen atoms in total. The van der Waals surface area contributed by atoms with Gasteiger partial charge >= 0.3 is 0 Å². The van der Waals surface area contributed by atoms with Crippen molar-refractivity contribution in [3.8, 4) is 0 Å². The lowest BCUT2D eigenvalue weighted by Crippen LogP contribution is -2.41. The lowest BCUT2D eigenvalue weighted by molar-refractivity contribution is -0.255. The van der Waals surface area contributed by atoms with E-state index >= 15 is 0 Å². The molecule has 0 radical (unpaired) electrons. The fourth-order valence-electron chi connectivity index (χ4n) is 1.75. The van der Waals surface area contributed by atoms with Gasteiger partial charge in [0.15, 0.2) is 0 Å². The normalized spacial score (nSPS) is 16.2. The number of benzene rings is 1. The standard InChI is InChI=1S/C11H13N/c12-11-8-4-3-7-10(11)9-5-1-2-6-9/h3-5,7-8H,1-2,6,12H2/p+1. The highest BCUT2D eigenvalue weighted by Gasteiger charge is 2.10. The van der Waals surface area contributed by atoms with E-state index in [1.165, 1.54) is 30.4 Å². The van der Waals surface area contributed by atoms with Crippen molar-refractivity contribution in [1.82, 2.24) is 0 Å². The second-order valence-electron chi connectivity index (χ2n) is 3.28. The number of hydrogen-bond acceptors (Lipinski definition) is 0. The molecule has 1 aliphatic carbocycles. The molecule has 0 heterocycles. The highest BCUT2D eigenvalue weighted by molar-refractivity contribution is 5.73. The largest absolute Gasteiger partial charge is 0.325 e. The first kappa shape index (κ1) is 7.56. The van der Waals surface area contributed by atoms with Crippen molar-refractivity contribution in [3.05, 3.63) is 35.9 Å². The van der Waals surface area contributed by atoms with E-state index in [-0.39, 0.29) is 0 Å². The third-order valence-electron chi connectivity index (χ3n) is 2.40. The average molecular weight is 160 g/mol. The smallest absolute Gasteiger partial charge is 0.135 e. The molecule has 1 aromatic carbocycles. The van der Waals surface area contributed by atoms with Gasteiger partial charge in [-0.1, -0.05) is 18.2 Å². The molecule has 0 saturated carbocycles. The van der Waals surface area contributed by atoms with Crippen LogP contribution in [0.2, 0.25) is 0 Å². The van der Waals surface area contributed by atoms with Crippen molar-refractivity contribution in [2.75, 3.05) is 0 Å². The molecule has 0 aliphatic heterocycles. The summed E-state index contributed by atoms with van der Waals surface area (Å²) in [7, 11) is 0. The zero-order valence-electron chi connectivity index (χ0n) is 7.22. The van der Waals surface area contributed by atoms with Crippen LogP contribution in [0.1, 0.15) is 24.8 Å². The van der Waals surface area contributed by atoms with Gasteiger partial charge in [0.1, 0.15) is 5.69 Å². The van der Waals surface area contributed by atoms with Crippen molar-refractivity contribution < 1.29 is 5.73 Å². The van der Waals surface area contributed by atoms with Crippen molar-refractivity contribution in [2.45, 2.75) is 19.3 Å². The maximum atomic E-state index is 4.02. The molecule has 1 aliphatic rings. The van der Waals surface area contributed by atoms with Crippen molar-refractivity contribution in [3.63, 3.8) is 0 Å². The summed E-state index contributed by atoms with van der Waals surface area (Å²) in [6.07, 6.45) is 6.11. The average Bonchev–Trinajstić information content (AvgIpc) is 2.57. The van der Waals surface area contributed by atoms with E-state index in [2.05, 4.69) is 30.0 Å². The molecule has 12 heavy (non-hydrogen) atoms. The summed E-state index contributed by atoms with van der Waals surface area (Å²) < 4.78 is 0. The van der Waals surface area contributed by atoms with Crippen LogP contribution >= 0.6 is 0 Å². The third-order valence-corrected chi connectivity index (χ3v) is 2.40. The van der Waals surface area contributed by atoms with Crippen LogP contribution in [0.5, 0.6) is 0 Å². The van der Waals surface area contributed by atoms with E-state index in [0.29, 0.717) is 0 Å². The Morgan fingerprint density at radius 3 is 2.67 bits per heavy atom. The van der Waals surface area contributed by atoms with Gasteiger partial charge in [-0.15, -0.1) is 0 Å². The molecular formula is C11H14N+. The highest BCUT2D eigenvalue weighted by Crippen LogP contribution is 2.29. The molecule has 0 fully saturated rings. The Bertz CT molecular complexity index is 313. The molecule has 62 valence electrons. The summed E-state index contributed by atoms with van der Waals surface area (Å²) in [5.41, 5.74) is 8.01. The van der Waals surface area contributed by atoms with Gasteiger partial charge in [0.2, 0.25) is 0 Å². The van der Waals surface area contributed by atoms with Gasteiger partial charge in [0, 0.05) is 5.56 Å². The topological polar surface area (TPSA) is 27.6 Å². The van der Waals surface area contributed by atoms with Crippen LogP contribution in [0, 0.1) is 0 Å². The second-order valence-corrected chi connectivity index (χ2v) is 3.28. The van der Waals surface area contributed by atoms with Gasteiger partial charge in [-0.3, -0.25) is 0 Å². The molecular weight excluding hydrogens is 146 g/mol. The van der Waals surface area contributed by atoms with Gasteiger partial charge in [0.25, 0.3) is 0 Å². The van der Waals surface area contributed by atoms with Crippen LogP contribution in [0.4, 0.5) is 5.69 Å². The first-order chi connectivity index (χ1) is 5.88. The maximum absolute atomic E-state index is 4.02. The zero-order valence-corrected chi connectivity index (χ0v) is 7.22. The molecule has 1 aromatic rings. The molecule has 0 amide bonds. The van der Waals surface area contributed by atoms with Gasteiger partial charge in [-0.25, -0.2) is 0 Å². The number of quaternary nitrogens is 1. The predicted octanol–water partition coefficient (Wildman–Crippen LogP) is 2.13. The lowest BCUT2D eigenvalue weighted by atomic mass is 10.0. The second kappa shape index (κ2) is 3.11. The third kappa shape index (κ3) is 1.28. The first-order valence-electron chi connectivity index (χ1n) is 4.48. The molecule has 0 aromatic heterocycles. The molecule has 0 unspecified atom stereocenters. The minimum absolute atomic E-state index is 1.16. The minimum Gasteiger partial charge on any atom is -0.325 e. The number of hydrogen-bond donors (Lipinski definition) is 1. The summed E-state index contributed by atoms with van der Waals surface area (Å²) >= 11 is 0. The zero-order chi connectivity index (χ0) is 8.39. The van der Waals surface area contributed by atoms with Crippen molar-refractivity contribution in [2.24, 2.45) is 0 Å². The SMILES string of the molecule is [NH3+]c1ccccc1C1=CCCC1. The minimum atomic E-state index is 1.16. The van der Waals surface area contributed by atoms with Crippen LogP contribution in [-0.2, 0) is 0 Å². The Balaban J connectivity index is 2.39. The Morgan fingerprint density at radius 2 is 2.00 bits per heavy atom. The van der Waals surface area contributed by atoms with E-state index in [0.717, 1.165) is 5.69 Å². The monoisotopic (exact) mass is 160 g/mol. The van der Waals surface area contributed by atoms with Gasteiger partial charge in [-0.2, -0.15) is 0 Å². The van der Waals surface area contributed by atoms with Crippen LogP contribution in [0.3, 0.4) is 0 Å². The molecule has 3 N–H and O–H groups in total. The molecule has 2 rings (SSSR count). The van der Waals surface area contributed by atoms with Crippen LogP contribution in [-0.4, -0.2) is 0 Å². The van der Waals surface area contributed by atoms with E-state index < -0.39 is 0 Å². The Labute approximate surface area is 72.9 Å². The Hall–Kier alpha value is -1.08. The molecule has 0 bridgehead atoms. The maximum Gasteiger partial charge on any atom is 0.135 e. The molecule has 0 atom stereocenters. The molecule has 1 heteroatoms. The summed E-state index contributed by atoms with van der Waals surface area (Å²) in [6.45, 7) is 0. The van der Waals surface area contributed by atoms with Crippen LogP contribution in [0.15, 0.2) is 30.3 Å². The quantitative estimate of drug-likeness (QED) is 0.651. The predicted molar refractivity (Wildman–Crippen MR) is 50.8 cm³/mol. The summed E-state index contributed by atoms with van der Waals surface area (Å²) in [5.74, 6) is 0. The summed E-state index contributed by atoms with van der Waals surface area (Å²) in [4.78, 5) is 0. The van der Waals surface area contributed by atoms with E-state index in [1.54, 1.807) is 0 Å². The van der Waals surface area contributed by atoms with Gasteiger partial charge in [-0.05, 0) is 37.0 Å². The number of allylic oxidation sites excluding steroid dienone is 2. The summed E-state index contributed by atoms with van der Waals surface area (Å²) in [6, 6.07) is 8.37. The van der Waals surface area contributed by atoms with E-state index in [9.17, 15) is 0 Å². The van der Waals surface area contributed by atoms with Gasteiger partial charge < -0.3 is 5.73 Å². The first-order valence-corrected chi connectivity index (χ1v) is 4.48. The fourth-order valence-corrected chi connectivity index (χ4v) is 1.75. The molecule has 0 spiro atoms.